The number of aromatic nitrogens is 3. The fourth-order valence-corrected chi connectivity index (χ4v) is 4.35. The molecule has 0 saturated carbocycles. The first kappa shape index (κ1) is 24.2. The molecule has 1 aliphatic rings. The third kappa shape index (κ3) is 4.67. The molecule has 1 aliphatic heterocycles. The summed E-state index contributed by atoms with van der Waals surface area (Å²) in [5.74, 6) is -2.41. The van der Waals surface area contributed by atoms with E-state index in [0.717, 1.165) is 56.4 Å². The van der Waals surface area contributed by atoms with Crippen molar-refractivity contribution in [2.45, 2.75) is 32.0 Å². The van der Waals surface area contributed by atoms with Crippen LogP contribution in [0.15, 0.2) is 28.9 Å². The predicted molar refractivity (Wildman–Crippen MR) is 115 cm³/mol. The molecular formula is C22H21ClF4N4O3. The van der Waals surface area contributed by atoms with Gasteiger partial charge in [0.15, 0.2) is 11.5 Å². The Morgan fingerprint density at radius 1 is 1.21 bits per heavy atom. The summed E-state index contributed by atoms with van der Waals surface area (Å²) >= 11 is 6.09. The van der Waals surface area contributed by atoms with Gasteiger partial charge >= 0.3 is 12.1 Å². The van der Waals surface area contributed by atoms with Crippen LogP contribution in [0.5, 0.6) is 0 Å². The molecule has 34 heavy (non-hydrogen) atoms. The lowest BCUT2D eigenvalue weighted by Crippen LogP contribution is -2.33. The molecule has 0 aliphatic carbocycles. The van der Waals surface area contributed by atoms with Gasteiger partial charge in [-0.05, 0) is 38.1 Å². The summed E-state index contributed by atoms with van der Waals surface area (Å²) in [6, 6.07) is 3.78. The van der Waals surface area contributed by atoms with Crippen LogP contribution in [0, 0.1) is 5.82 Å². The van der Waals surface area contributed by atoms with Gasteiger partial charge in [-0.15, -0.1) is 0 Å². The van der Waals surface area contributed by atoms with Crippen molar-refractivity contribution in [3.8, 4) is 22.6 Å². The Morgan fingerprint density at radius 3 is 2.59 bits per heavy atom. The Labute approximate surface area is 197 Å². The normalized spacial score (nSPS) is 15.0. The van der Waals surface area contributed by atoms with Crippen LogP contribution >= 0.6 is 11.6 Å². The maximum absolute atomic E-state index is 14.5. The first-order chi connectivity index (χ1) is 16.2. The number of likely N-dealkylation sites (tertiary alicyclic amines) is 1. The van der Waals surface area contributed by atoms with E-state index in [-0.39, 0.29) is 22.8 Å². The molecule has 1 aromatic carbocycles. The van der Waals surface area contributed by atoms with Crippen molar-refractivity contribution in [3.63, 3.8) is 0 Å². The van der Waals surface area contributed by atoms with Gasteiger partial charge in [0, 0.05) is 6.54 Å². The van der Waals surface area contributed by atoms with Crippen LogP contribution in [0.1, 0.15) is 35.3 Å². The zero-order valence-electron chi connectivity index (χ0n) is 18.2. The summed E-state index contributed by atoms with van der Waals surface area (Å²) < 4.78 is 67.7. The number of esters is 1. The number of hydrogen-bond donors (Lipinski definition) is 0. The van der Waals surface area contributed by atoms with Gasteiger partial charge in [-0.3, -0.25) is 4.68 Å². The number of ether oxygens (including phenoxy) is 1. The largest absolute Gasteiger partial charge is 0.465 e. The average Bonchev–Trinajstić information content (AvgIpc) is 3.42. The number of piperidine rings is 1. The summed E-state index contributed by atoms with van der Waals surface area (Å²) in [7, 11) is 1.04. The smallest absolute Gasteiger partial charge is 0.433 e. The molecule has 3 aromatic rings. The van der Waals surface area contributed by atoms with Gasteiger partial charge in [0.25, 0.3) is 0 Å². The average molecular weight is 501 g/mol. The van der Waals surface area contributed by atoms with E-state index in [1.807, 2.05) is 0 Å². The van der Waals surface area contributed by atoms with Gasteiger partial charge in [0.05, 0.1) is 36.0 Å². The highest BCUT2D eigenvalue weighted by atomic mass is 35.5. The molecule has 0 amide bonds. The highest BCUT2D eigenvalue weighted by Crippen LogP contribution is 2.42. The number of halogens is 5. The first-order valence-corrected chi connectivity index (χ1v) is 11.0. The molecule has 0 bridgehead atoms. The zero-order chi connectivity index (χ0) is 24.5. The highest BCUT2D eigenvalue weighted by Gasteiger charge is 2.41. The number of benzene rings is 1. The standard InChI is InChI=1S/C22H21ClF4N4O3/c1-33-21(32)17-18(16-14(23)6-5-7-15(16)24)29-34-19(17)13-12-28-31(20(13)22(25,26)27)11-10-30-8-3-2-4-9-30/h5-7,12H,2-4,8-11H2,1H3. The van der Waals surface area contributed by atoms with E-state index in [9.17, 15) is 22.4 Å². The Bertz CT molecular complexity index is 1170. The van der Waals surface area contributed by atoms with Crippen LogP contribution in [0.4, 0.5) is 17.6 Å². The van der Waals surface area contributed by atoms with Crippen molar-refractivity contribution < 1.29 is 31.6 Å². The van der Waals surface area contributed by atoms with E-state index < -0.39 is 40.5 Å². The first-order valence-electron chi connectivity index (χ1n) is 10.6. The monoisotopic (exact) mass is 500 g/mol. The summed E-state index contributed by atoms with van der Waals surface area (Å²) in [5.41, 5.74) is -2.73. The molecule has 2 aromatic heterocycles. The molecule has 1 saturated heterocycles. The van der Waals surface area contributed by atoms with Crippen LogP contribution < -0.4 is 0 Å². The van der Waals surface area contributed by atoms with E-state index in [1.54, 1.807) is 0 Å². The zero-order valence-corrected chi connectivity index (χ0v) is 18.9. The van der Waals surface area contributed by atoms with Crippen molar-refractivity contribution in [1.82, 2.24) is 19.8 Å². The molecule has 12 heteroatoms. The van der Waals surface area contributed by atoms with Crippen molar-refractivity contribution >= 4 is 17.6 Å². The minimum absolute atomic E-state index is 0.0114. The van der Waals surface area contributed by atoms with E-state index >= 15 is 0 Å². The lowest BCUT2D eigenvalue weighted by Gasteiger charge is -2.26. The summed E-state index contributed by atoms with van der Waals surface area (Å²) in [6.07, 6.45) is -0.758. The van der Waals surface area contributed by atoms with Gasteiger partial charge in [0.2, 0.25) is 0 Å². The van der Waals surface area contributed by atoms with Gasteiger partial charge < -0.3 is 14.2 Å². The van der Waals surface area contributed by atoms with Crippen LogP contribution in [0.2, 0.25) is 5.02 Å². The van der Waals surface area contributed by atoms with Crippen LogP contribution in [-0.4, -0.2) is 52.6 Å². The second-order valence-electron chi connectivity index (χ2n) is 7.85. The quantitative estimate of drug-likeness (QED) is 0.338. The number of nitrogens with zero attached hydrogens (tertiary/aromatic N) is 4. The number of carbonyl (C=O) groups excluding carboxylic acids is 1. The molecule has 4 rings (SSSR count). The lowest BCUT2D eigenvalue weighted by molar-refractivity contribution is -0.143. The minimum Gasteiger partial charge on any atom is -0.465 e. The second-order valence-corrected chi connectivity index (χ2v) is 8.26. The highest BCUT2D eigenvalue weighted by molar-refractivity contribution is 6.33. The van der Waals surface area contributed by atoms with Crippen molar-refractivity contribution in [2.75, 3.05) is 26.7 Å². The molecule has 1 fully saturated rings. The lowest BCUT2D eigenvalue weighted by atomic mass is 10.0. The Morgan fingerprint density at radius 2 is 1.94 bits per heavy atom. The number of carbonyl (C=O) groups is 1. The molecular weight excluding hydrogens is 480 g/mol. The molecule has 0 spiro atoms. The van der Waals surface area contributed by atoms with Crippen LogP contribution in [0.3, 0.4) is 0 Å². The third-order valence-electron chi connectivity index (χ3n) is 5.71. The number of methoxy groups -OCH3 is 1. The SMILES string of the molecule is COC(=O)c1c(-c2c(F)cccc2Cl)noc1-c1cnn(CCN2CCCCC2)c1C(F)(F)F. The van der Waals surface area contributed by atoms with Crippen LogP contribution in [0.25, 0.3) is 22.6 Å². The van der Waals surface area contributed by atoms with E-state index in [4.69, 9.17) is 20.9 Å². The fraction of sp³-hybridized carbons (Fsp3) is 0.409. The Balaban J connectivity index is 1.80. The number of alkyl halides is 3. The van der Waals surface area contributed by atoms with Crippen LogP contribution in [-0.2, 0) is 17.5 Å². The minimum atomic E-state index is -4.82. The van der Waals surface area contributed by atoms with Crippen molar-refractivity contribution in [3.05, 3.63) is 46.5 Å². The fourth-order valence-electron chi connectivity index (χ4n) is 4.10. The van der Waals surface area contributed by atoms with Gasteiger partial charge in [-0.1, -0.05) is 29.2 Å². The Kier molecular flexibility index (Phi) is 6.94. The van der Waals surface area contributed by atoms with Gasteiger partial charge in [0.1, 0.15) is 17.1 Å². The molecule has 7 nitrogen and oxygen atoms in total. The molecule has 0 radical (unpaired) electrons. The maximum Gasteiger partial charge on any atom is 0.433 e. The summed E-state index contributed by atoms with van der Waals surface area (Å²) in [5, 5.41) is 7.51. The molecule has 182 valence electrons. The van der Waals surface area contributed by atoms with Crippen molar-refractivity contribution in [2.24, 2.45) is 0 Å². The van der Waals surface area contributed by atoms with Gasteiger partial charge in [-0.2, -0.15) is 18.3 Å². The molecule has 0 atom stereocenters. The summed E-state index contributed by atoms with van der Waals surface area (Å²) in [4.78, 5) is 14.7. The van der Waals surface area contributed by atoms with E-state index in [2.05, 4.69) is 15.2 Å². The topological polar surface area (TPSA) is 73.4 Å². The van der Waals surface area contributed by atoms with E-state index in [0.29, 0.717) is 6.54 Å². The maximum atomic E-state index is 14.5. The van der Waals surface area contributed by atoms with Gasteiger partial charge in [-0.25, -0.2) is 9.18 Å². The predicted octanol–water partition coefficient (Wildman–Crippen LogP) is 5.29. The Hall–Kier alpha value is -2.92. The van der Waals surface area contributed by atoms with Crippen molar-refractivity contribution in [1.29, 1.82) is 0 Å². The van der Waals surface area contributed by atoms with E-state index in [1.165, 1.54) is 12.1 Å². The molecule has 3 heterocycles. The summed E-state index contributed by atoms with van der Waals surface area (Å²) in [6.45, 7) is 2.01. The third-order valence-corrected chi connectivity index (χ3v) is 6.03. The number of rotatable bonds is 6. The molecule has 0 unspecified atom stereocenters. The number of hydrogen-bond acceptors (Lipinski definition) is 6. The second kappa shape index (κ2) is 9.75. The molecule has 0 N–H and O–H groups in total.